The van der Waals surface area contributed by atoms with Crippen LogP contribution in [0.25, 0.3) is 4.85 Å². The molecule has 1 aromatic heterocycles. The van der Waals surface area contributed by atoms with Crippen LogP contribution in [0.15, 0.2) is 72.9 Å². The van der Waals surface area contributed by atoms with E-state index in [0.29, 0.717) is 35.8 Å². The molecule has 1 aliphatic heterocycles. The molecule has 1 aliphatic rings. The van der Waals surface area contributed by atoms with Crippen LogP contribution in [0.4, 0.5) is 27.7 Å². The quantitative estimate of drug-likeness (QED) is 0.621. The smallest absolute Gasteiger partial charge is 0.312 e. The van der Waals surface area contributed by atoms with Gasteiger partial charge in [-0.15, -0.1) is 0 Å². The molecule has 2 heterocycles. The van der Waals surface area contributed by atoms with Crippen LogP contribution in [0, 0.1) is 6.57 Å². The highest BCUT2D eigenvalue weighted by Gasteiger charge is 2.31. The first-order chi connectivity index (χ1) is 14.6. The largest absolute Gasteiger partial charge is 0.324 e. The molecule has 2 N–H and O–H groups in total. The van der Waals surface area contributed by atoms with Crippen LogP contribution in [0.1, 0.15) is 17.9 Å². The Hall–Kier alpha value is -4.18. The molecule has 0 bridgehead atoms. The van der Waals surface area contributed by atoms with Crippen molar-refractivity contribution < 1.29 is 9.59 Å². The van der Waals surface area contributed by atoms with E-state index in [0.717, 1.165) is 5.56 Å². The van der Waals surface area contributed by atoms with E-state index in [1.165, 1.54) is 0 Å². The monoisotopic (exact) mass is 397 g/mol. The van der Waals surface area contributed by atoms with Crippen LogP contribution in [-0.2, 0) is 4.79 Å². The number of benzene rings is 2. The lowest BCUT2D eigenvalue weighted by Crippen LogP contribution is -2.25. The molecule has 0 aliphatic carbocycles. The van der Waals surface area contributed by atoms with Gasteiger partial charge in [-0.25, -0.2) is 14.6 Å². The van der Waals surface area contributed by atoms with Gasteiger partial charge >= 0.3 is 6.03 Å². The summed E-state index contributed by atoms with van der Waals surface area (Å²) in [6.45, 7) is 7.55. The summed E-state index contributed by atoms with van der Waals surface area (Å²) in [7, 11) is 0. The summed E-state index contributed by atoms with van der Waals surface area (Å²) in [5, 5.41) is 5.38. The van der Waals surface area contributed by atoms with E-state index >= 15 is 0 Å². The fourth-order valence-electron chi connectivity index (χ4n) is 3.46. The van der Waals surface area contributed by atoms with Gasteiger partial charge in [0.25, 0.3) is 0 Å². The van der Waals surface area contributed by atoms with Crippen LogP contribution in [0.3, 0.4) is 0 Å². The second kappa shape index (κ2) is 8.45. The van der Waals surface area contributed by atoms with Crippen molar-refractivity contribution in [2.45, 2.75) is 12.3 Å². The van der Waals surface area contributed by atoms with Gasteiger partial charge in [0.05, 0.1) is 6.57 Å². The van der Waals surface area contributed by atoms with Crippen molar-refractivity contribution in [3.8, 4) is 0 Å². The summed E-state index contributed by atoms with van der Waals surface area (Å²) in [5.41, 5.74) is 2.91. The Bertz CT molecular complexity index is 1110. The zero-order chi connectivity index (χ0) is 20.9. The summed E-state index contributed by atoms with van der Waals surface area (Å²) >= 11 is 0. The number of rotatable bonds is 4. The first kappa shape index (κ1) is 19.2. The molecular formula is C23H19N5O2. The number of carbonyl (C=O) groups is 2. The second-order valence-corrected chi connectivity index (χ2v) is 6.95. The zero-order valence-electron chi connectivity index (χ0n) is 16.1. The fraction of sp³-hybridized carbons (Fsp3) is 0.130. The number of urea groups is 1. The Morgan fingerprint density at radius 3 is 2.57 bits per heavy atom. The van der Waals surface area contributed by atoms with E-state index in [4.69, 9.17) is 6.57 Å². The molecule has 1 saturated heterocycles. The molecule has 0 spiro atoms. The van der Waals surface area contributed by atoms with Gasteiger partial charge in [-0.1, -0.05) is 42.5 Å². The highest BCUT2D eigenvalue weighted by atomic mass is 16.2. The third-order valence-electron chi connectivity index (χ3n) is 4.95. The van der Waals surface area contributed by atoms with Crippen LogP contribution in [-0.4, -0.2) is 23.5 Å². The van der Waals surface area contributed by atoms with Gasteiger partial charge in [-0.2, -0.15) is 0 Å². The maximum Gasteiger partial charge on any atom is 0.324 e. The topological polar surface area (TPSA) is 78.7 Å². The van der Waals surface area contributed by atoms with Crippen LogP contribution in [0.5, 0.6) is 0 Å². The molecule has 30 heavy (non-hydrogen) atoms. The van der Waals surface area contributed by atoms with Crippen molar-refractivity contribution in [1.82, 2.24) is 4.98 Å². The molecule has 7 nitrogen and oxygen atoms in total. The van der Waals surface area contributed by atoms with E-state index in [1.807, 2.05) is 30.3 Å². The summed E-state index contributed by atoms with van der Waals surface area (Å²) in [6.07, 6.45) is 2.02. The van der Waals surface area contributed by atoms with Crippen molar-refractivity contribution in [2.24, 2.45) is 0 Å². The number of aromatic nitrogens is 1. The average Bonchev–Trinajstić information content (AvgIpc) is 3.17. The van der Waals surface area contributed by atoms with E-state index in [2.05, 4.69) is 20.5 Å². The molecule has 3 aromatic rings. The molecule has 1 atom stereocenters. The lowest BCUT2D eigenvalue weighted by Gasteiger charge is -2.18. The average molecular weight is 397 g/mol. The minimum absolute atomic E-state index is 0.0466. The SMILES string of the molecule is [C-]#[N+]c1ccc(NC(=O)Nc2cc(N3CC(c4ccccc4)CC3=O)ccn2)cc1. The second-order valence-electron chi connectivity index (χ2n) is 6.95. The minimum atomic E-state index is -0.454. The van der Waals surface area contributed by atoms with Crippen molar-refractivity contribution in [3.63, 3.8) is 0 Å². The maximum absolute atomic E-state index is 12.6. The van der Waals surface area contributed by atoms with Gasteiger partial charge in [0.2, 0.25) is 5.91 Å². The first-order valence-electron chi connectivity index (χ1n) is 9.49. The number of carbonyl (C=O) groups excluding carboxylic acids is 2. The number of hydrogen-bond acceptors (Lipinski definition) is 3. The first-order valence-corrected chi connectivity index (χ1v) is 9.49. The Balaban J connectivity index is 1.43. The minimum Gasteiger partial charge on any atom is -0.312 e. The molecule has 4 rings (SSSR count). The molecule has 3 amide bonds. The van der Waals surface area contributed by atoms with Crippen LogP contribution < -0.4 is 15.5 Å². The van der Waals surface area contributed by atoms with Crippen molar-refractivity contribution in [3.05, 3.63) is 89.9 Å². The number of pyridine rings is 1. The maximum atomic E-state index is 12.6. The summed E-state index contributed by atoms with van der Waals surface area (Å²) < 4.78 is 0. The fourth-order valence-corrected chi connectivity index (χ4v) is 3.46. The normalized spacial score (nSPS) is 15.5. The molecule has 1 fully saturated rings. The van der Waals surface area contributed by atoms with E-state index in [-0.39, 0.29) is 11.8 Å². The molecule has 148 valence electrons. The van der Waals surface area contributed by atoms with Gasteiger partial charge in [-0.3, -0.25) is 10.1 Å². The Morgan fingerprint density at radius 2 is 1.83 bits per heavy atom. The lowest BCUT2D eigenvalue weighted by molar-refractivity contribution is -0.117. The summed E-state index contributed by atoms with van der Waals surface area (Å²) in [5.74, 6) is 0.536. The van der Waals surface area contributed by atoms with Crippen molar-refractivity contribution in [2.75, 3.05) is 22.1 Å². The third-order valence-corrected chi connectivity index (χ3v) is 4.95. The number of anilines is 3. The number of nitrogens with one attached hydrogen (secondary N) is 2. The predicted octanol–water partition coefficient (Wildman–Crippen LogP) is 4.80. The highest BCUT2D eigenvalue weighted by molar-refractivity contribution is 6.00. The van der Waals surface area contributed by atoms with Gasteiger partial charge < -0.3 is 10.2 Å². The van der Waals surface area contributed by atoms with Gasteiger partial charge in [-0.05, 0) is 23.8 Å². The number of hydrogen-bond donors (Lipinski definition) is 2. The molecule has 0 radical (unpaired) electrons. The third kappa shape index (κ3) is 4.28. The number of nitrogens with zero attached hydrogens (tertiary/aromatic N) is 3. The number of amides is 3. The summed E-state index contributed by atoms with van der Waals surface area (Å²) in [4.78, 5) is 34.1. The molecule has 2 aromatic carbocycles. The van der Waals surface area contributed by atoms with Gasteiger partial charge in [0.1, 0.15) is 5.82 Å². The molecule has 1 unspecified atom stereocenters. The van der Waals surface area contributed by atoms with Gasteiger partial charge in [0, 0.05) is 42.5 Å². The van der Waals surface area contributed by atoms with E-state index in [9.17, 15) is 9.59 Å². The summed E-state index contributed by atoms with van der Waals surface area (Å²) in [6, 6.07) is 19.6. The van der Waals surface area contributed by atoms with Crippen LogP contribution in [0.2, 0.25) is 0 Å². The van der Waals surface area contributed by atoms with E-state index in [1.54, 1.807) is 47.5 Å². The van der Waals surface area contributed by atoms with Crippen LogP contribution >= 0.6 is 0 Å². The zero-order valence-corrected chi connectivity index (χ0v) is 16.1. The lowest BCUT2D eigenvalue weighted by atomic mass is 9.99. The van der Waals surface area contributed by atoms with Crippen molar-refractivity contribution in [1.29, 1.82) is 0 Å². The molecular weight excluding hydrogens is 378 g/mol. The van der Waals surface area contributed by atoms with E-state index < -0.39 is 6.03 Å². The van der Waals surface area contributed by atoms with Crippen molar-refractivity contribution >= 4 is 34.8 Å². The predicted molar refractivity (Wildman–Crippen MR) is 116 cm³/mol. The highest BCUT2D eigenvalue weighted by Crippen LogP contribution is 2.32. The Labute approximate surface area is 174 Å². The Morgan fingerprint density at radius 1 is 1.07 bits per heavy atom. The Kier molecular flexibility index (Phi) is 5.39. The van der Waals surface area contributed by atoms with Gasteiger partial charge in [0.15, 0.2) is 5.69 Å². The molecule has 7 heteroatoms. The standard InChI is InChI=1S/C23H19N5O2/c1-24-18-7-9-19(10-8-18)26-23(30)27-21-14-20(11-12-25-21)28-15-17(13-22(28)29)16-5-3-2-4-6-16/h2-12,14,17H,13,15H2,(H2,25,26,27,30). The molecule has 0 saturated carbocycles.